The summed E-state index contributed by atoms with van der Waals surface area (Å²) in [7, 11) is 0. The van der Waals surface area contributed by atoms with E-state index in [1.807, 2.05) is 19.1 Å². The van der Waals surface area contributed by atoms with Gasteiger partial charge in [-0.1, -0.05) is 5.16 Å². The normalized spacial score (nSPS) is 9.75. The van der Waals surface area contributed by atoms with Gasteiger partial charge in [-0.3, -0.25) is 0 Å². The largest absolute Gasteiger partial charge is 0.359 e. The van der Waals surface area contributed by atoms with Gasteiger partial charge < -0.3 is 9.84 Å². The van der Waals surface area contributed by atoms with E-state index in [4.69, 9.17) is 9.78 Å². The van der Waals surface area contributed by atoms with Crippen molar-refractivity contribution < 1.29 is 4.52 Å². The minimum atomic E-state index is 0.325. The molecule has 0 spiro atoms. The van der Waals surface area contributed by atoms with Crippen LogP contribution in [0.5, 0.6) is 0 Å². The van der Waals surface area contributed by atoms with Crippen molar-refractivity contribution in [3.63, 3.8) is 0 Å². The molecule has 0 bridgehead atoms. The quantitative estimate of drug-likeness (QED) is 0.829. The van der Waals surface area contributed by atoms with Gasteiger partial charge in [-0.15, -0.1) is 0 Å². The summed E-state index contributed by atoms with van der Waals surface area (Å²) < 4.78 is 5.01. The molecule has 0 radical (unpaired) electrons. The number of aromatic nitrogens is 3. The van der Waals surface area contributed by atoms with Crippen LogP contribution in [0.4, 0.5) is 5.95 Å². The summed E-state index contributed by atoms with van der Waals surface area (Å²) in [4.78, 5) is 7.94. The van der Waals surface area contributed by atoms with E-state index in [1.54, 1.807) is 6.07 Å². The first kappa shape index (κ1) is 10.1. The zero-order valence-corrected chi connectivity index (χ0v) is 8.64. The smallest absolute Gasteiger partial charge is 0.224 e. The van der Waals surface area contributed by atoms with Gasteiger partial charge in [0.1, 0.15) is 11.8 Å². The average molecular weight is 215 g/mol. The van der Waals surface area contributed by atoms with E-state index in [0.29, 0.717) is 23.9 Å². The molecule has 2 rings (SSSR count). The second-order valence-electron chi connectivity index (χ2n) is 3.17. The van der Waals surface area contributed by atoms with Gasteiger partial charge in [0.15, 0.2) is 5.76 Å². The highest BCUT2D eigenvalue weighted by Crippen LogP contribution is 2.05. The Morgan fingerprint density at radius 2 is 2.44 bits per heavy atom. The van der Waals surface area contributed by atoms with Crippen molar-refractivity contribution in [2.45, 2.75) is 13.5 Å². The molecule has 0 fully saturated rings. The Kier molecular flexibility index (Phi) is 2.78. The lowest BCUT2D eigenvalue weighted by atomic mass is 10.4. The topological polar surface area (TPSA) is 87.6 Å². The van der Waals surface area contributed by atoms with Crippen molar-refractivity contribution in [2.24, 2.45) is 0 Å². The fourth-order valence-electron chi connectivity index (χ4n) is 1.17. The van der Waals surface area contributed by atoms with Gasteiger partial charge in [0.2, 0.25) is 5.95 Å². The van der Waals surface area contributed by atoms with Crippen molar-refractivity contribution in [1.29, 1.82) is 5.26 Å². The van der Waals surface area contributed by atoms with Gasteiger partial charge >= 0.3 is 0 Å². The summed E-state index contributed by atoms with van der Waals surface area (Å²) in [6.07, 6.45) is 1.53. The van der Waals surface area contributed by atoms with Crippen LogP contribution < -0.4 is 5.32 Å². The van der Waals surface area contributed by atoms with E-state index in [1.165, 1.54) is 6.20 Å². The highest BCUT2D eigenvalue weighted by molar-refractivity contribution is 5.30. The second kappa shape index (κ2) is 4.40. The van der Waals surface area contributed by atoms with Crippen LogP contribution in [0.3, 0.4) is 0 Å². The fourth-order valence-corrected chi connectivity index (χ4v) is 1.17. The van der Waals surface area contributed by atoms with Crippen molar-refractivity contribution in [2.75, 3.05) is 5.32 Å². The summed E-state index contributed by atoms with van der Waals surface area (Å²) >= 11 is 0. The second-order valence-corrected chi connectivity index (χ2v) is 3.17. The van der Waals surface area contributed by atoms with Crippen molar-refractivity contribution in [3.05, 3.63) is 35.5 Å². The molecule has 2 heterocycles. The van der Waals surface area contributed by atoms with E-state index in [9.17, 15) is 0 Å². The predicted octanol–water partition coefficient (Wildman–Crippen LogP) is 1.26. The monoisotopic (exact) mass is 215 g/mol. The molecule has 0 aliphatic heterocycles. The lowest BCUT2D eigenvalue weighted by Crippen LogP contribution is -2.03. The molecule has 0 unspecified atom stereocenters. The highest BCUT2D eigenvalue weighted by Gasteiger charge is 2.02. The van der Waals surface area contributed by atoms with Crippen molar-refractivity contribution in [1.82, 2.24) is 15.1 Å². The van der Waals surface area contributed by atoms with Gasteiger partial charge in [0.05, 0.1) is 12.2 Å². The molecule has 0 aromatic carbocycles. The van der Waals surface area contributed by atoms with Crippen LogP contribution >= 0.6 is 0 Å². The van der Waals surface area contributed by atoms with Crippen LogP contribution in [0.1, 0.15) is 17.1 Å². The zero-order chi connectivity index (χ0) is 11.4. The van der Waals surface area contributed by atoms with Gasteiger partial charge in [-0.2, -0.15) is 5.26 Å². The number of rotatable bonds is 3. The number of anilines is 1. The van der Waals surface area contributed by atoms with Gasteiger partial charge in [0.25, 0.3) is 0 Å². The first-order valence-electron chi connectivity index (χ1n) is 4.67. The molecule has 2 aromatic rings. The molecule has 0 amide bonds. The Morgan fingerprint density at radius 1 is 1.56 bits per heavy atom. The zero-order valence-electron chi connectivity index (χ0n) is 8.64. The third-order valence-electron chi connectivity index (χ3n) is 1.87. The SMILES string of the molecule is Cc1cc(CNc2nccc(C#N)n2)on1. The van der Waals surface area contributed by atoms with E-state index in [2.05, 4.69) is 20.4 Å². The standard InChI is InChI=1S/C10H9N5O/c1-7-4-9(16-15-7)6-13-10-12-3-2-8(5-11)14-10/h2-4H,6H2,1H3,(H,12,13,14). The molecule has 80 valence electrons. The van der Waals surface area contributed by atoms with Crippen LogP contribution in [0.25, 0.3) is 0 Å². The Bertz CT molecular complexity index is 528. The van der Waals surface area contributed by atoms with Crippen LogP contribution in [0.2, 0.25) is 0 Å². The van der Waals surface area contributed by atoms with Crippen LogP contribution in [-0.2, 0) is 6.54 Å². The number of aryl methyl sites for hydroxylation is 1. The van der Waals surface area contributed by atoms with E-state index >= 15 is 0 Å². The van der Waals surface area contributed by atoms with E-state index in [-0.39, 0.29) is 0 Å². The minimum Gasteiger partial charge on any atom is -0.359 e. The first-order chi connectivity index (χ1) is 7.78. The lowest BCUT2D eigenvalue weighted by molar-refractivity contribution is 0.384. The molecule has 0 aliphatic rings. The highest BCUT2D eigenvalue weighted by atomic mass is 16.5. The van der Waals surface area contributed by atoms with Crippen molar-refractivity contribution >= 4 is 5.95 Å². The average Bonchev–Trinajstić information content (AvgIpc) is 2.73. The summed E-state index contributed by atoms with van der Waals surface area (Å²) in [5.74, 6) is 1.09. The Balaban J connectivity index is 2.02. The summed E-state index contributed by atoms with van der Waals surface area (Å²) in [6.45, 7) is 2.29. The van der Waals surface area contributed by atoms with Crippen LogP contribution in [0, 0.1) is 18.3 Å². The number of nitrogens with zero attached hydrogens (tertiary/aromatic N) is 4. The van der Waals surface area contributed by atoms with Crippen LogP contribution in [-0.4, -0.2) is 15.1 Å². The number of nitriles is 1. The lowest BCUT2D eigenvalue weighted by Gasteiger charge is -2.00. The summed E-state index contributed by atoms with van der Waals surface area (Å²) in [6, 6.07) is 5.31. The molecule has 0 atom stereocenters. The third-order valence-corrected chi connectivity index (χ3v) is 1.87. The minimum absolute atomic E-state index is 0.325. The van der Waals surface area contributed by atoms with Gasteiger partial charge in [-0.25, -0.2) is 9.97 Å². The predicted molar refractivity (Wildman–Crippen MR) is 55.3 cm³/mol. The number of hydrogen-bond donors (Lipinski definition) is 1. The van der Waals surface area contributed by atoms with Crippen molar-refractivity contribution in [3.8, 4) is 6.07 Å². The first-order valence-corrected chi connectivity index (χ1v) is 4.67. The Labute approximate surface area is 91.9 Å². The van der Waals surface area contributed by atoms with E-state index in [0.717, 1.165) is 5.69 Å². The Hall–Kier alpha value is -2.42. The van der Waals surface area contributed by atoms with Gasteiger partial charge in [0, 0.05) is 12.3 Å². The van der Waals surface area contributed by atoms with Crippen LogP contribution in [0.15, 0.2) is 22.9 Å². The molecule has 6 nitrogen and oxygen atoms in total. The molecule has 2 aromatic heterocycles. The molecule has 1 N–H and O–H groups in total. The maximum atomic E-state index is 8.65. The summed E-state index contributed by atoms with van der Waals surface area (Å²) in [5, 5.41) is 15.4. The molecule has 16 heavy (non-hydrogen) atoms. The summed E-state index contributed by atoms with van der Waals surface area (Å²) in [5.41, 5.74) is 1.15. The third kappa shape index (κ3) is 2.33. The fraction of sp³-hybridized carbons (Fsp3) is 0.200. The number of hydrogen-bond acceptors (Lipinski definition) is 6. The maximum Gasteiger partial charge on any atom is 0.224 e. The van der Waals surface area contributed by atoms with E-state index < -0.39 is 0 Å². The Morgan fingerprint density at radius 3 is 3.12 bits per heavy atom. The number of nitrogens with one attached hydrogen (secondary N) is 1. The molecular weight excluding hydrogens is 206 g/mol. The molecular formula is C10H9N5O. The molecule has 0 aliphatic carbocycles. The molecule has 6 heteroatoms. The molecule has 0 saturated carbocycles. The molecule has 0 saturated heterocycles. The maximum absolute atomic E-state index is 8.65. The van der Waals surface area contributed by atoms with Gasteiger partial charge in [-0.05, 0) is 13.0 Å².